The fraction of sp³-hybridized carbons (Fsp3) is 0.500. The zero-order valence-electron chi connectivity index (χ0n) is 10.3. The second-order valence-electron chi connectivity index (χ2n) is 5.31. The van der Waals surface area contributed by atoms with Gasteiger partial charge in [-0.1, -0.05) is 29.3 Å². The Morgan fingerprint density at radius 1 is 1.47 bits per heavy atom. The molecular weight excluding hydrogens is 278 g/mol. The molecule has 0 aliphatic heterocycles. The summed E-state index contributed by atoms with van der Waals surface area (Å²) in [5.74, 6) is 0.0359. The minimum absolute atomic E-state index is 0.0359. The zero-order chi connectivity index (χ0) is 12.5. The van der Waals surface area contributed by atoms with Gasteiger partial charge in [-0.15, -0.1) is 0 Å². The van der Waals surface area contributed by atoms with Gasteiger partial charge in [-0.25, -0.2) is 0 Å². The summed E-state index contributed by atoms with van der Waals surface area (Å²) in [6, 6.07) is 5.70. The van der Waals surface area contributed by atoms with Crippen molar-refractivity contribution >= 4 is 21.8 Å². The molecule has 1 saturated carbocycles. The van der Waals surface area contributed by atoms with Crippen molar-refractivity contribution in [2.45, 2.75) is 33.1 Å². The Labute approximate surface area is 111 Å². The first-order chi connectivity index (χ1) is 8.00. The molecule has 1 aromatic carbocycles. The average molecular weight is 296 g/mol. The molecule has 1 aliphatic rings. The first-order valence-corrected chi connectivity index (χ1v) is 6.84. The maximum atomic E-state index is 12.0. The molecule has 2 rings (SSSR count). The standard InChI is InChI=1S/C14H18BrNO/c1-10-8-11(4-5-12(10)15)13(17)16-9-14(2)6-3-7-14/h4-5,8H,3,6-7,9H2,1-2H3,(H,16,17). The molecule has 1 aromatic rings. The summed E-state index contributed by atoms with van der Waals surface area (Å²) < 4.78 is 1.04. The highest BCUT2D eigenvalue weighted by molar-refractivity contribution is 9.10. The number of carbonyl (C=O) groups excluding carboxylic acids is 1. The number of hydrogen-bond acceptors (Lipinski definition) is 1. The van der Waals surface area contributed by atoms with Gasteiger partial charge in [0.05, 0.1) is 0 Å². The quantitative estimate of drug-likeness (QED) is 0.906. The lowest BCUT2D eigenvalue weighted by Crippen LogP contribution is -2.39. The van der Waals surface area contributed by atoms with E-state index in [9.17, 15) is 4.79 Å². The van der Waals surface area contributed by atoms with Crippen LogP contribution in [0.4, 0.5) is 0 Å². The van der Waals surface area contributed by atoms with Gasteiger partial charge in [-0.2, -0.15) is 0 Å². The van der Waals surface area contributed by atoms with Crippen molar-refractivity contribution in [1.29, 1.82) is 0 Å². The minimum atomic E-state index is 0.0359. The van der Waals surface area contributed by atoms with Crippen molar-refractivity contribution in [2.75, 3.05) is 6.54 Å². The number of benzene rings is 1. The number of carbonyl (C=O) groups is 1. The Hall–Kier alpha value is -0.830. The van der Waals surface area contributed by atoms with Crippen molar-refractivity contribution in [2.24, 2.45) is 5.41 Å². The topological polar surface area (TPSA) is 29.1 Å². The van der Waals surface area contributed by atoms with Crippen molar-refractivity contribution in [1.82, 2.24) is 5.32 Å². The van der Waals surface area contributed by atoms with E-state index < -0.39 is 0 Å². The van der Waals surface area contributed by atoms with Crippen LogP contribution in [0.15, 0.2) is 22.7 Å². The van der Waals surface area contributed by atoms with E-state index in [1.165, 1.54) is 19.3 Å². The molecule has 0 radical (unpaired) electrons. The predicted molar refractivity (Wildman–Crippen MR) is 73.2 cm³/mol. The number of aryl methyl sites for hydroxylation is 1. The van der Waals surface area contributed by atoms with E-state index in [4.69, 9.17) is 0 Å². The van der Waals surface area contributed by atoms with Crippen molar-refractivity contribution in [3.05, 3.63) is 33.8 Å². The van der Waals surface area contributed by atoms with Crippen LogP contribution < -0.4 is 5.32 Å². The fourth-order valence-corrected chi connectivity index (χ4v) is 2.39. The monoisotopic (exact) mass is 295 g/mol. The second kappa shape index (κ2) is 4.81. The van der Waals surface area contributed by atoms with Gasteiger partial charge in [0.15, 0.2) is 0 Å². The molecule has 2 nitrogen and oxygen atoms in total. The Bertz CT molecular complexity index is 438. The lowest BCUT2D eigenvalue weighted by molar-refractivity contribution is 0.0890. The van der Waals surface area contributed by atoms with Gasteiger partial charge in [0.2, 0.25) is 0 Å². The van der Waals surface area contributed by atoms with E-state index in [1.54, 1.807) is 0 Å². The van der Waals surface area contributed by atoms with Crippen LogP contribution in [0.25, 0.3) is 0 Å². The van der Waals surface area contributed by atoms with Gasteiger partial charge >= 0.3 is 0 Å². The molecular formula is C14H18BrNO. The van der Waals surface area contributed by atoms with E-state index in [0.717, 1.165) is 22.1 Å². The van der Waals surface area contributed by atoms with Crippen molar-refractivity contribution in [3.63, 3.8) is 0 Å². The molecule has 92 valence electrons. The fourth-order valence-electron chi connectivity index (χ4n) is 2.14. The molecule has 3 heteroatoms. The molecule has 0 aromatic heterocycles. The predicted octanol–water partition coefficient (Wildman–Crippen LogP) is 3.68. The number of rotatable bonds is 3. The molecule has 1 amide bonds. The first-order valence-electron chi connectivity index (χ1n) is 6.05. The number of nitrogens with one attached hydrogen (secondary N) is 1. The van der Waals surface area contributed by atoms with Crippen LogP contribution in [0.1, 0.15) is 42.1 Å². The van der Waals surface area contributed by atoms with Gasteiger partial charge in [0, 0.05) is 16.6 Å². The molecule has 0 spiro atoms. The second-order valence-corrected chi connectivity index (χ2v) is 6.17. The lowest BCUT2D eigenvalue weighted by Gasteiger charge is -2.38. The van der Waals surface area contributed by atoms with Gasteiger partial charge in [0.1, 0.15) is 0 Å². The van der Waals surface area contributed by atoms with Crippen LogP contribution in [0.5, 0.6) is 0 Å². The largest absolute Gasteiger partial charge is 0.351 e. The van der Waals surface area contributed by atoms with Gasteiger partial charge in [-0.05, 0) is 48.9 Å². The Kier molecular flexibility index (Phi) is 3.57. The van der Waals surface area contributed by atoms with Crippen LogP contribution in [0, 0.1) is 12.3 Å². The molecule has 17 heavy (non-hydrogen) atoms. The molecule has 0 atom stereocenters. The van der Waals surface area contributed by atoms with Gasteiger partial charge in [0.25, 0.3) is 5.91 Å². The first kappa shape index (κ1) is 12.6. The van der Waals surface area contributed by atoms with E-state index in [2.05, 4.69) is 28.2 Å². The molecule has 1 N–H and O–H groups in total. The third-order valence-electron chi connectivity index (χ3n) is 3.66. The highest BCUT2D eigenvalue weighted by Crippen LogP contribution is 2.39. The van der Waals surface area contributed by atoms with E-state index >= 15 is 0 Å². The number of halogens is 1. The van der Waals surface area contributed by atoms with Crippen molar-refractivity contribution < 1.29 is 4.79 Å². The Morgan fingerprint density at radius 2 is 2.18 bits per heavy atom. The third-order valence-corrected chi connectivity index (χ3v) is 4.55. The smallest absolute Gasteiger partial charge is 0.251 e. The summed E-state index contributed by atoms with van der Waals surface area (Å²) in [5.41, 5.74) is 2.17. The van der Waals surface area contributed by atoms with E-state index in [1.807, 2.05) is 25.1 Å². The maximum Gasteiger partial charge on any atom is 0.251 e. The number of amides is 1. The molecule has 0 saturated heterocycles. The van der Waals surface area contributed by atoms with Crippen LogP contribution in [-0.2, 0) is 0 Å². The van der Waals surface area contributed by atoms with Gasteiger partial charge in [-0.3, -0.25) is 4.79 Å². The van der Waals surface area contributed by atoms with Gasteiger partial charge < -0.3 is 5.32 Å². The molecule has 0 unspecified atom stereocenters. The third kappa shape index (κ3) is 2.89. The highest BCUT2D eigenvalue weighted by Gasteiger charge is 2.31. The molecule has 0 heterocycles. The molecule has 1 fully saturated rings. The van der Waals surface area contributed by atoms with E-state index in [-0.39, 0.29) is 5.91 Å². The van der Waals surface area contributed by atoms with Crippen LogP contribution in [0.2, 0.25) is 0 Å². The molecule has 0 bridgehead atoms. The zero-order valence-corrected chi connectivity index (χ0v) is 11.9. The summed E-state index contributed by atoms with van der Waals surface area (Å²) in [5, 5.41) is 3.03. The maximum absolute atomic E-state index is 12.0. The summed E-state index contributed by atoms with van der Waals surface area (Å²) in [6.45, 7) is 5.03. The minimum Gasteiger partial charge on any atom is -0.351 e. The van der Waals surface area contributed by atoms with Crippen LogP contribution in [-0.4, -0.2) is 12.5 Å². The average Bonchev–Trinajstić information content (AvgIpc) is 2.27. The summed E-state index contributed by atoms with van der Waals surface area (Å²) >= 11 is 3.44. The molecule has 1 aliphatic carbocycles. The summed E-state index contributed by atoms with van der Waals surface area (Å²) in [7, 11) is 0. The highest BCUT2D eigenvalue weighted by atomic mass is 79.9. The number of hydrogen-bond donors (Lipinski definition) is 1. The lowest BCUT2D eigenvalue weighted by atomic mass is 9.70. The van der Waals surface area contributed by atoms with Crippen LogP contribution >= 0.6 is 15.9 Å². The summed E-state index contributed by atoms with van der Waals surface area (Å²) in [6.07, 6.45) is 3.75. The normalized spacial score (nSPS) is 17.4. The van der Waals surface area contributed by atoms with Crippen molar-refractivity contribution in [3.8, 4) is 0 Å². The summed E-state index contributed by atoms with van der Waals surface area (Å²) in [4.78, 5) is 12.0. The van der Waals surface area contributed by atoms with Crippen LogP contribution in [0.3, 0.4) is 0 Å². The Morgan fingerprint density at radius 3 is 2.71 bits per heavy atom. The Balaban J connectivity index is 1.97. The van der Waals surface area contributed by atoms with E-state index in [0.29, 0.717) is 5.41 Å². The SMILES string of the molecule is Cc1cc(C(=O)NCC2(C)CCC2)ccc1Br.